The number of carbonyl (C=O) groups is 1. The van der Waals surface area contributed by atoms with Gasteiger partial charge in [0, 0.05) is 13.1 Å². The van der Waals surface area contributed by atoms with Crippen LogP contribution < -0.4 is 5.32 Å². The van der Waals surface area contributed by atoms with Gasteiger partial charge in [-0.3, -0.25) is 4.79 Å². The maximum atomic E-state index is 11.9. The highest BCUT2D eigenvalue weighted by Gasteiger charge is 2.27. The minimum Gasteiger partial charge on any atom is -0.465 e. The van der Waals surface area contributed by atoms with Crippen LogP contribution >= 0.6 is 0 Å². The molecule has 1 fully saturated rings. The van der Waals surface area contributed by atoms with Crippen LogP contribution in [-0.4, -0.2) is 49.7 Å². The Morgan fingerprint density at radius 3 is 2.61 bits per heavy atom. The molecule has 18 heavy (non-hydrogen) atoms. The van der Waals surface area contributed by atoms with Crippen molar-refractivity contribution in [3.05, 3.63) is 0 Å². The summed E-state index contributed by atoms with van der Waals surface area (Å²) in [6.07, 6.45) is 3.84. The van der Waals surface area contributed by atoms with Crippen molar-refractivity contribution in [3.8, 4) is 0 Å². The zero-order valence-electron chi connectivity index (χ0n) is 12.1. The summed E-state index contributed by atoms with van der Waals surface area (Å²) in [5, 5.41) is 3.23. The predicted octanol–water partition coefficient (Wildman–Crippen LogP) is 1.65. The molecule has 1 aliphatic rings. The van der Waals surface area contributed by atoms with Crippen LogP contribution in [0, 0.1) is 5.92 Å². The number of likely N-dealkylation sites (N-methyl/N-ethyl adjacent to an activating group) is 1. The van der Waals surface area contributed by atoms with E-state index in [9.17, 15) is 4.79 Å². The van der Waals surface area contributed by atoms with E-state index in [1.54, 1.807) is 0 Å². The average molecular weight is 256 g/mol. The van der Waals surface area contributed by atoms with Crippen molar-refractivity contribution in [1.29, 1.82) is 0 Å². The van der Waals surface area contributed by atoms with Gasteiger partial charge in [-0.1, -0.05) is 13.8 Å². The van der Waals surface area contributed by atoms with Crippen molar-refractivity contribution in [2.45, 2.75) is 46.1 Å². The molecule has 0 aliphatic heterocycles. The summed E-state index contributed by atoms with van der Waals surface area (Å²) in [7, 11) is 0. The number of hydrogen-bond donors (Lipinski definition) is 1. The molecule has 0 amide bonds. The van der Waals surface area contributed by atoms with Gasteiger partial charge in [0.2, 0.25) is 0 Å². The lowest BCUT2D eigenvalue weighted by Crippen LogP contribution is -2.47. The number of nitrogens with zero attached hydrogens (tertiary/aromatic N) is 1. The molecule has 1 aliphatic carbocycles. The molecule has 4 heteroatoms. The molecule has 4 nitrogen and oxygen atoms in total. The zero-order chi connectivity index (χ0) is 13.4. The quantitative estimate of drug-likeness (QED) is 0.604. The van der Waals surface area contributed by atoms with Crippen LogP contribution in [0.2, 0.25) is 0 Å². The number of hydrogen-bond acceptors (Lipinski definition) is 4. The Morgan fingerprint density at radius 1 is 1.39 bits per heavy atom. The molecule has 1 rings (SSSR count). The maximum absolute atomic E-state index is 11.9. The topological polar surface area (TPSA) is 41.6 Å². The van der Waals surface area contributed by atoms with Gasteiger partial charge >= 0.3 is 5.97 Å². The fourth-order valence-electron chi connectivity index (χ4n) is 2.21. The van der Waals surface area contributed by atoms with Crippen LogP contribution in [0.25, 0.3) is 0 Å². The van der Waals surface area contributed by atoms with E-state index in [-0.39, 0.29) is 12.0 Å². The van der Waals surface area contributed by atoms with E-state index in [1.165, 1.54) is 12.8 Å². The zero-order valence-corrected chi connectivity index (χ0v) is 12.1. The number of carbonyl (C=O) groups excluding carboxylic acids is 1. The second kappa shape index (κ2) is 8.48. The third kappa shape index (κ3) is 5.83. The van der Waals surface area contributed by atoms with E-state index in [0.717, 1.165) is 38.5 Å². The SMILES string of the molecule is CCCN(CC1CC1)CC(NCC)C(=O)OCC. The van der Waals surface area contributed by atoms with E-state index in [4.69, 9.17) is 4.74 Å². The summed E-state index contributed by atoms with van der Waals surface area (Å²) < 4.78 is 5.13. The number of ether oxygens (including phenoxy) is 1. The molecule has 0 radical (unpaired) electrons. The first-order valence-electron chi connectivity index (χ1n) is 7.33. The van der Waals surface area contributed by atoms with E-state index < -0.39 is 0 Å². The highest BCUT2D eigenvalue weighted by molar-refractivity contribution is 5.76. The first kappa shape index (κ1) is 15.4. The fraction of sp³-hybridized carbons (Fsp3) is 0.929. The van der Waals surface area contributed by atoms with Gasteiger partial charge in [-0.05, 0) is 45.2 Å². The first-order valence-corrected chi connectivity index (χ1v) is 7.33. The molecule has 0 heterocycles. The van der Waals surface area contributed by atoms with Gasteiger partial charge in [-0.15, -0.1) is 0 Å². The Bertz CT molecular complexity index is 242. The second-order valence-electron chi connectivity index (χ2n) is 5.07. The largest absolute Gasteiger partial charge is 0.465 e. The molecule has 1 N–H and O–H groups in total. The van der Waals surface area contributed by atoms with Gasteiger partial charge in [0.1, 0.15) is 6.04 Å². The molecular formula is C14H28N2O2. The number of nitrogens with one attached hydrogen (secondary N) is 1. The van der Waals surface area contributed by atoms with E-state index in [2.05, 4.69) is 17.1 Å². The van der Waals surface area contributed by atoms with Crippen LogP contribution in [0.15, 0.2) is 0 Å². The summed E-state index contributed by atoms with van der Waals surface area (Å²) in [6, 6.07) is -0.180. The molecule has 0 bridgehead atoms. The smallest absolute Gasteiger partial charge is 0.324 e. The van der Waals surface area contributed by atoms with Crippen LogP contribution in [0.5, 0.6) is 0 Å². The lowest BCUT2D eigenvalue weighted by atomic mass is 10.2. The number of esters is 1. The van der Waals surface area contributed by atoms with Crippen molar-refractivity contribution in [3.63, 3.8) is 0 Å². The van der Waals surface area contributed by atoms with Gasteiger partial charge in [-0.25, -0.2) is 0 Å². The highest BCUT2D eigenvalue weighted by atomic mass is 16.5. The van der Waals surface area contributed by atoms with Crippen LogP contribution in [-0.2, 0) is 9.53 Å². The van der Waals surface area contributed by atoms with Gasteiger partial charge < -0.3 is 15.0 Å². The molecule has 0 aromatic rings. The molecule has 1 unspecified atom stereocenters. The van der Waals surface area contributed by atoms with Crippen molar-refractivity contribution >= 4 is 5.97 Å². The van der Waals surface area contributed by atoms with Crippen LogP contribution in [0.4, 0.5) is 0 Å². The minimum atomic E-state index is -0.180. The minimum absolute atomic E-state index is 0.115. The van der Waals surface area contributed by atoms with Crippen LogP contribution in [0.3, 0.4) is 0 Å². The Kier molecular flexibility index (Phi) is 7.28. The third-order valence-corrected chi connectivity index (χ3v) is 3.22. The van der Waals surface area contributed by atoms with E-state index in [1.807, 2.05) is 13.8 Å². The van der Waals surface area contributed by atoms with Gasteiger partial charge in [0.05, 0.1) is 6.61 Å². The van der Waals surface area contributed by atoms with Gasteiger partial charge in [0.25, 0.3) is 0 Å². The van der Waals surface area contributed by atoms with Crippen molar-refractivity contribution < 1.29 is 9.53 Å². The lowest BCUT2D eigenvalue weighted by molar-refractivity contribution is -0.146. The monoisotopic (exact) mass is 256 g/mol. The Labute approximate surface area is 111 Å². The summed E-state index contributed by atoms with van der Waals surface area (Å²) in [6.45, 7) is 10.3. The highest BCUT2D eigenvalue weighted by Crippen LogP contribution is 2.29. The molecular weight excluding hydrogens is 228 g/mol. The van der Waals surface area contributed by atoms with E-state index >= 15 is 0 Å². The summed E-state index contributed by atoms with van der Waals surface area (Å²) in [5.41, 5.74) is 0. The lowest BCUT2D eigenvalue weighted by Gasteiger charge is -2.26. The molecule has 0 saturated heterocycles. The molecule has 1 atom stereocenters. The first-order chi connectivity index (χ1) is 8.71. The number of rotatable bonds is 10. The standard InChI is InChI=1S/C14H28N2O2/c1-4-9-16(10-12-7-8-12)11-13(15-5-2)14(17)18-6-3/h12-13,15H,4-11H2,1-3H3. The molecule has 106 valence electrons. The third-order valence-electron chi connectivity index (χ3n) is 3.22. The summed E-state index contributed by atoms with van der Waals surface area (Å²) >= 11 is 0. The Balaban J connectivity index is 2.45. The van der Waals surface area contributed by atoms with Crippen molar-refractivity contribution in [1.82, 2.24) is 10.2 Å². The van der Waals surface area contributed by atoms with Gasteiger partial charge in [-0.2, -0.15) is 0 Å². The Morgan fingerprint density at radius 2 is 2.11 bits per heavy atom. The summed E-state index contributed by atoms with van der Waals surface area (Å²) in [5.74, 6) is 0.747. The fourth-order valence-corrected chi connectivity index (χ4v) is 2.21. The van der Waals surface area contributed by atoms with E-state index in [0.29, 0.717) is 6.61 Å². The maximum Gasteiger partial charge on any atom is 0.324 e. The second-order valence-corrected chi connectivity index (χ2v) is 5.07. The van der Waals surface area contributed by atoms with Crippen molar-refractivity contribution in [2.24, 2.45) is 5.92 Å². The summed E-state index contributed by atoms with van der Waals surface area (Å²) in [4.78, 5) is 14.3. The molecule has 1 saturated carbocycles. The van der Waals surface area contributed by atoms with Crippen LogP contribution in [0.1, 0.15) is 40.0 Å². The predicted molar refractivity (Wildman–Crippen MR) is 73.6 cm³/mol. The average Bonchev–Trinajstić information content (AvgIpc) is 3.13. The Hall–Kier alpha value is -0.610. The van der Waals surface area contributed by atoms with Crippen molar-refractivity contribution in [2.75, 3.05) is 32.8 Å². The van der Waals surface area contributed by atoms with Gasteiger partial charge in [0.15, 0.2) is 0 Å². The molecule has 0 spiro atoms. The molecule has 0 aromatic heterocycles. The molecule has 0 aromatic carbocycles. The normalized spacial score (nSPS) is 16.9.